The second-order valence-corrected chi connectivity index (χ2v) is 9.43. The lowest BCUT2D eigenvalue weighted by Crippen LogP contribution is -2.49. The van der Waals surface area contributed by atoms with E-state index in [9.17, 15) is 9.59 Å². The Kier molecular flexibility index (Phi) is 7.31. The van der Waals surface area contributed by atoms with E-state index in [-0.39, 0.29) is 11.8 Å². The third-order valence-electron chi connectivity index (χ3n) is 5.23. The molecule has 1 N–H and O–H groups in total. The van der Waals surface area contributed by atoms with Crippen LogP contribution in [0.3, 0.4) is 0 Å². The normalized spacial score (nSPS) is 19.3. The van der Waals surface area contributed by atoms with Crippen LogP contribution < -0.4 is 5.32 Å². The number of hydrogen-bond donors (Lipinski definition) is 1. The van der Waals surface area contributed by atoms with Gasteiger partial charge < -0.3 is 10.2 Å². The molecule has 0 radical (unpaired) electrons. The first-order valence-electron chi connectivity index (χ1n) is 9.68. The Morgan fingerprint density at radius 2 is 1.62 bits per heavy atom. The van der Waals surface area contributed by atoms with Gasteiger partial charge in [-0.3, -0.25) is 9.59 Å². The van der Waals surface area contributed by atoms with Crippen molar-refractivity contribution in [3.8, 4) is 0 Å². The van der Waals surface area contributed by atoms with Gasteiger partial charge in [0.15, 0.2) is 4.34 Å². The highest BCUT2D eigenvalue weighted by molar-refractivity contribution is 8.01. The molecule has 1 heterocycles. The Bertz CT molecular complexity index is 592. The van der Waals surface area contributed by atoms with Crippen LogP contribution in [0.2, 0.25) is 0 Å². The second-order valence-electron chi connectivity index (χ2n) is 7.23. The summed E-state index contributed by atoms with van der Waals surface area (Å²) in [4.78, 5) is 26.4. The largest absolute Gasteiger partial charge is 0.336 e. The molecule has 1 aromatic heterocycles. The zero-order valence-electron chi connectivity index (χ0n) is 15.4. The van der Waals surface area contributed by atoms with Crippen LogP contribution in [0.25, 0.3) is 0 Å². The summed E-state index contributed by atoms with van der Waals surface area (Å²) in [7, 11) is 0. The van der Waals surface area contributed by atoms with Crippen molar-refractivity contribution >= 4 is 40.0 Å². The van der Waals surface area contributed by atoms with Crippen molar-refractivity contribution in [2.24, 2.45) is 0 Å². The Morgan fingerprint density at radius 1 is 1.04 bits per heavy atom. The molecular weight excluding hydrogens is 368 g/mol. The van der Waals surface area contributed by atoms with Gasteiger partial charge in [0.2, 0.25) is 16.9 Å². The van der Waals surface area contributed by atoms with Crippen molar-refractivity contribution in [1.82, 2.24) is 15.1 Å². The van der Waals surface area contributed by atoms with Crippen molar-refractivity contribution in [2.75, 3.05) is 11.1 Å². The summed E-state index contributed by atoms with van der Waals surface area (Å²) in [5, 5.41) is 11.1. The molecule has 2 fully saturated rings. The number of hydrogen-bond acceptors (Lipinski definition) is 6. The fourth-order valence-electron chi connectivity index (χ4n) is 4.09. The van der Waals surface area contributed by atoms with E-state index in [1.807, 2.05) is 0 Å². The highest BCUT2D eigenvalue weighted by atomic mass is 32.2. The third-order valence-corrected chi connectivity index (χ3v) is 7.19. The number of nitrogens with zero attached hydrogens (tertiary/aromatic N) is 3. The number of thioether (sulfide) groups is 1. The summed E-state index contributed by atoms with van der Waals surface area (Å²) < 4.78 is 0.731. The fourth-order valence-corrected chi connectivity index (χ4v) is 5.76. The van der Waals surface area contributed by atoms with Crippen molar-refractivity contribution in [2.45, 2.75) is 87.6 Å². The highest BCUT2D eigenvalue weighted by Crippen LogP contribution is 2.32. The van der Waals surface area contributed by atoms with Crippen molar-refractivity contribution in [3.05, 3.63) is 0 Å². The topological polar surface area (TPSA) is 75.2 Å². The van der Waals surface area contributed by atoms with Crippen LogP contribution in [0.15, 0.2) is 4.34 Å². The zero-order chi connectivity index (χ0) is 18.4. The minimum Gasteiger partial charge on any atom is -0.336 e. The molecule has 2 aliphatic rings. The predicted molar refractivity (Wildman–Crippen MR) is 106 cm³/mol. The molecule has 2 aliphatic carbocycles. The van der Waals surface area contributed by atoms with E-state index < -0.39 is 0 Å². The number of rotatable bonds is 6. The first-order valence-corrected chi connectivity index (χ1v) is 11.5. The number of carbonyl (C=O) groups is 2. The second kappa shape index (κ2) is 9.69. The zero-order valence-corrected chi connectivity index (χ0v) is 17.0. The Hall–Kier alpha value is -1.15. The summed E-state index contributed by atoms with van der Waals surface area (Å²) in [5.41, 5.74) is 0. The van der Waals surface area contributed by atoms with Gasteiger partial charge in [0, 0.05) is 19.0 Å². The van der Waals surface area contributed by atoms with Crippen LogP contribution in [0.4, 0.5) is 5.13 Å². The predicted octanol–water partition coefficient (Wildman–Crippen LogP) is 4.08. The molecule has 3 rings (SSSR count). The van der Waals surface area contributed by atoms with E-state index in [4.69, 9.17) is 0 Å². The van der Waals surface area contributed by atoms with Gasteiger partial charge >= 0.3 is 0 Å². The minimum atomic E-state index is -0.158. The van der Waals surface area contributed by atoms with Gasteiger partial charge in [-0.1, -0.05) is 61.6 Å². The van der Waals surface area contributed by atoms with Gasteiger partial charge in [0.25, 0.3) is 0 Å². The highest BCUT2D eigenvalue weighted by Gasteiger charge is 2.32. The SMILES string of the molecule is CC(=O)Nc1nnc(SCC(=O)N(C2CCCCC2)C2CCCCC2)s1. The number of aromatic nitrogens is 2. The number of amides is 2. The smallest absolute Gasteiger partial charge is 0.233 e. The van der Waals surface area contributed by atoms with E-state index in [0.29, 0.717) is 23.0 Å². The third kappa shape index (κ3) is 5.42. The van der Waals surface area contributed by atoms with Gasteiger partial charge in [0.05, 0.1) is 5.75 Å². The Labute approximate surface area is 163 Å². The first-order chi connectivity index (χ1) is 12.6. The molecule has 0 aliphatic heterocycles. The molecular formula is C18H28N4O2S2. The molecule has 8 heteroatoms. The lowest BCUT2D eigenvalue weighted by atomic mass is 9.88. The maximum absolute atomic E-state index is 13.1. The molecule has 0 saturated heterocycles. The van der Waals surface area contributed by atoms with Crippen LogP contribution >= 0.6 is 23.1 Å². The van der Waals surface area contributed by atoms with Gasteiger partial charge in [0.1, 0.15) is 0 Å². The molecule has 26 heavy (non-hydrogen) atoms. The Morgan fingerprint density at radius 3 is 2.15 bits per heavy atom. The first kappa shape index (κ1) is 19.6. The summed E-state index contributed by atoms with van der Waals surface area (Å²) in [6.45, 7) is 1.45. The summed E-state index contributed by atoms with van der Waals surface area (Å²) in [6, 6.07) is 0.841. The molecule has 2 amide bonds. The standard InChI is InChI=1S/C18H28N4O2S2/c1-13(23)19-17-20-21-18(26-17)25-12-16(24)22(14-8-4-2-5-9-14)15-10-6-3-7-11-15/h14-15H,2-12H2,1H3,(H,19,20,23). The van der Waals surface area contributed by atoms with Crippen LogP contribution in [0, 0.1) is 0 Å². The Balaban J connectivity index is 1.60. The van der Waals surface area contributed by atoms with Crippen LogP contribution in [0.1, 0.15) is 71.1 Å². The average Bonchev–Trinajstić information content (AvgIpc) is 3.09. The van der Waals surface area contributed by atoms with E-state index in [1.54, 1.807) is 0 Å². The maximum Gasteiger partial charge on any atom is 0.233 e. The van der Waals surface area contributed by atoms with Crippen LogP contribution in [-0.4, -0.2) is 44.7 Å². The molecule has 144 valence electrons. The minimum absolute atomic E-state index is 0.158. The molecule has 1 aromatic rings. The number of anilines is 1. The lowest BCUT2D eigenvalue weighted by Gasteiger charge is -2.41. The molecule has 0 unspecified atom stereocenters. The quantitative estimate of drug-likeness (QED) is 0.579. The number of nitrogens with one attached hydrogen (secondary N) is 1. The van der Waals surface area contributed by atoms with Gasteiger partial charge in [-0.25, -0.2) is 0 Å². The fraction of sp³-hybridized carbons (Fsp3) is 0.778. The van der Waals surface area contributed by atoms with Crippen molar-refractivity contribution in [3.63, 3.8) is 0 Å². The number of carbonyl (C=O) groups excluding carboxylic acids is 2. The van der Waals surface area contributed by atoms with E-state index >= 15 is 0 Å². The summed E-state index contributed by atoms with van der Waals surface area (Å²) in [6.07, 6.45) is 12.2. The maximum atomic E-state index is 13.1. The monoisotopic (exact) mass is 396 g/mol. The summed E-state index contributed by atoms with van der Waals surface area (Å²) in [5.74, 6) is 0.487. The van der Waals surface area contributed by atoms with Gasteiger partial charge in [-0.15, -0.1) is 10.2 Å². The molecule has 0 spiro atoms. The molecule has 6 nitrogen and oxygen atoms in total. The molecule has 2 saturated carbocycles. The van der Waals surface area contributed by atoms with Crippen LogP contribution in [-0.2, 0) is 9.59 Å². The van der Waals surface area contributed by atoms with Crippen molar-refractivity contribution in [1.29, 1.82) is 0 Å². The van der Waals surface area contributed by atoms with E-state index in [1.165, 1.54) is 68.5 Å². The lowest BCUT2D eigenvalue weighted by molar-refractivity contribution is -0.135. The van der Waals surface area contributed by atoms with E-state index in [0.717, 1.165) is 30.0 Å². The van der Waals surface area contributed by atoms with Crippen LogP contribution in [0.5, 0.6) is 0 Å². The average molecular weight is 397 g/mol. The van der Waals surface area contributed by atoms with Gasteiger partial charge in [-0.05, 0) is 25.7 Å². The molecule has 0 aromatic carbocycles. The van der Waals surface area contributed by atoms with Gasteiger partial charge in [-0.2, -0.15) is 0 Å². The molecule has 0 atom stereocenters. The van der Waals surface area contributed by atoms with Crippen molar-refractivity contribution < 1.29 is 9.59 Å². The summed E-state index contributed by atoms with van der Waals surface area (Å²) >= 11 is 2.76. The van der Waals surface area contributed by atoms with E-state index in [2.05, 4.69) is 20.4 Å². The molecule has 0 bridgehead atoms.